The molecule has 2 aromatic rings. The second-order valence-electron chi connectivity index (χ2n) is 6.62. The van der Waals surface area contributed by atoms with Gasteiger partial charge < -0.3 is 29.7 Å². The zero-order valence-corrected chi connectivity index (χ0v) is 20.1. The average Bonchev–Trinajstić information content (AvgIpc) is 2.78. The largest absolute Gasteiger partial charge is 0.493 e. The van der Waals surface area contributed by atoms with E-state index in [-0.39, 0.29) is 24.0 Å². The molecule has 2 N–H and O–H groups in total. The van der Waals surface area contributed by atoms with Crippen LogP contribution in [0.1, 0.15) is 12.5 Å². The van der Waals surface area contributed by atoms with Gasteiger partial charge in [-0.3, -0.25) is 4.99 Å². The molecule has 1 fully saturated rings. The Balaban J connectivity index is 0.00000320. The highest BCUT2D eigenvalue weighted by Crippen LogP contribution is 2.30. The van der Waals surface area contributed by atoms with Gasteiger partial charge in [0.25, 0.3) is 0 Å². The molecule has 0 radical (unpaired) electrons. The van der Waals surface area contributed by atoms with Crippen LogP contribution in [0.2, 0.25) is 0 Å². The maximum absolute atomic E-state index is 5.64. The van der Waals surface area contributed by atoms with Crippen LogP contribution < -0.4 is 25.0 Å². The van der Waals surface area contributed by atoms with E-state index in [0.717, 1.165) is 32.0 Å². The molecule has 1 aliphatic rings. The lowest BCUT2D eigenvalue weighted by molar-refractivity contribution is 0.122. The van der Waals surface area contributed by atoms with Crippen molar-refractivity contribution in [3.8, 4) is 11.5 Å². The summed E-state index contributed by atoms with van der Waals surface area (Å²) >= 11 is 0. The van der Waals surface area contributed by atoms with Crippen molar-refractivity contribution in [1.29, 1.82) is 0 Å². The van der Waals surface area contributed by atoms with Crippen molar-refractivity contribution in [2.45, 2.75) is 13.5 Å². The fourth-order valence-corrected chi connectivity index (χ4v) is 3.17. The summed E-state index contributed by atoms with van der Waals surface area (Å²) in [6.45, 7) is 6.68. The van der Waals surface area contributed by atoms with Gasteiger partial charge in [-0.15, -0.1) is 24.0 Å². The number of aliphatic imine (C=N–C) groups is 1. The number of halogens is 1. The fourth-order valence-electron chi connectivity index (χ4n) is 3.17. The number of rotatable bonds is 7. The van der Waals surface area contributed by atoms with Crippen LogP contribution in [0.4, 0.5) is 11.4 Å². The Bertz CT molecular complexity index is 809. The van der Waals surface area contributed by atoms with Gasteiger partial charge in [0.05, 0.1) is 26.9 Å². The minimum atomic E-state index is 0. The zero-order valence-electron chi connectivity index (χ0n) is 17.8. The Morgan fingerprint density at radius 1 is 1.10 bits per heavy atom. The van der Waals surface area contributed by atoms with Gasteiger partial charge in [0.1, 0.15) is 0 Å². The molecule has 30 heavy (non-hydrogen) atoms. The van der Waals surface area contributed by atoms with Crippen LogP contribution in [0, 0.1) is 0 Å². The van der Waals surface area contributed by atoms with Gasteiger partial charge >= 0.3 is 0 Å². The summed E-state index contributed by atoms with van der Waals surface area (Å²) in [6.07, 6.45) is 0. The van der Waals surface area contributed by atoms with Crippen molar-refractivity contribution >= 4 is 41.3 Å². The van der Waals surface area contributed by atoms with Crippen molar-refractivity contribution in [2.75, 3.05) is 57.3 Å². The smallest absolute Gasteiger partial charge is 0.195 e. The van der Waals surface area contributed by atoms with Crippen LogP contribution in [0.15, 0.2) is 47.5 Å². The number of nitrogens with zero attached hydrogens (tertiary/aromatic N) is 2. The fraction of sp³-hybridized carbons (Fsp3) is 0.409. The molecule has 7 nitrogen and oxygen atoms in total. The predicted molar refractivity (Wildman–Crippen MR) is 133 cm³/mol. The summed E-state index contributed by atoms with van der Waals surface area (Å²) < 4.78 is 16.4. The van der Waals surface area contributed by atoms with Crippen LogP contribution in [0.3, 0.4) is 0 Å². The number of anilines is 2. The minimum absolute atomic E-state index is 0. The number of benzene rings is 2. The van der Waals surface area contributed by atoms with E-state index in [0.29, 0.717) is 30.6 Å². The number of methoxy groups -OCH3 is 1. The van der Waals surface area contributed by atoms with E-state index in [1.807, 2.05) is 25.1 Å². The van der Waals surface area contributed by atoms with E-state index >= 15 is 0 Å². The summed E-state index contributed by atoms with van der Waals surface area (Å²) in [5.74, 6) is 2.10. The summed E-state index contributed by atoms with van der Waals surface area (Å²) in [7, 11) is 3.39. The van der Waals surface area contributed by atoms with E-state index < -0.39 is 0 Å². The standard InChI is InChI=1S/C22H30N4O3.HI/c1-4-29-21-15-18(7-10-20(21)27-3)25-22(23-2)24-16-17-5-8-19(9-6-17)26-11-13-28-14-12-26;/h5-10,15H,4,11-14,16H2,1-3H3,(H2,23,24,25);1H. The molecule has 8 heteroatoms. The average molecular weight is 526 g/mol. The summed E-state index contributed by atoms with van der Waals surface area (Å²) in [6, 6.07) is 14.3. The quantitative estimate of drug-likeness (QED) is 0.326. The van der Waals surface area contributed by atoms with Gasteiger partial charge in [-0.05, 0) is 36.8 Å². The van der Waals surface area contributed by atoms with Gasteiger partial charge in [0.2, 0.25) is 0 Å². The van der Waals surface area contributed by atoms with Crippen LogP contribution in [-0.4, -0.2) is 53.0 Å². The first kappa shape index (κ1) is 24.1. The number of guanidine groups is 1. The first-order valence-corrected chi connectivity index (χ1v) is 9.93. The first-order chi connectivity index (χ1) is 14.2. The van der Waals surface area contributed by atoms with Crippen LogP contribution >= 0.6 is 24.0 Å². The second kappa shape index (κ2) is 12.5. The molecule has 0 spiro atoms. The molecule has 1 saturated heterocycles. The summed E-state index contributed by atoms with van der Waals surface area (Å²) in [5, 5.41) is 6.64. The highest BCUT2D eigenvalue weighted by atomic mass is 127. The summed E-state index contributed by atoms with van der Waals surface area (Å²) in [4.78, 5) is 6.66. The molecule has 0 unspecified atom stereocenters. The molecule has 1 heterocycles. The zero-order chi connectivity index (χ0) is 20.5. The molecular formula is C22H31IN4O3. The van der Waals surface area contributed by atoms with Crippen molar-refractivity contribution < 1.29 is 14.2 Å². The van der Waals surface area contributed by atoms with Gasteiger partial charge in [-0.2, -0.15) is 0 Å². The topological polar surface area (TPSA) is 67.4 Å². The van der Waals surface area contributed by atoms with Crippen LogP contribution in [0.5, 0.6) is 11.5 Å². The first-order valence-electron chi connectivity index (χ1n) is 9.93. The molecular weight excluding hydrogens is 495 g/mol. The molecule has 0 aromatic heterocycles. The Hall–Kier alpha value is -2.20. The molecule has 0 aliphatic carbocycles. The third-order valence-electron chi connectivity index (χ3n) is 4.72. The molecule has 0 saturated carbocycles. The number of hydrogen-bond donors (Lipinski definition) is 2. The normalized spacial score (nSPS) is 14.0. The van der Waals surface area contributed by atoms with Gasteiger partial charge in [0.15, 0.2) is 17.5 Å². The van der Waals surface area contributed by atoms with Crippen LogP contribution in [0.25, 0.3) is 0 Å². The molecule has 0 atom stereocenters. The van der Waals surface area contributed by atoms with Crippen molar-refractivity contribution in [3.05, 3.63) is 48.0 Å². The molecule has 164 valence electrons. The van der Waals surface area contributed by atoms with E-state index in [9.17, 15) is 0 Å². The van der Waals surface area contributed by atoms with Gasteiger partial charge in [-0.25, -0.2) is 0 Å². The Morgan fingerprint density at radius 2 is 1.83 bits per heavy atom. The third kappa shape index (κ3) is 6.66. The maximum atomic E-state index is 5.64. The minimum Gasteiger partial charge on any atom is -0.493 e. The maximum Gasteiger partial charge on any atom is 0.195 e. The third-order valence-corrected chi connectivity index (χ3v) is 4.72. The number of ether oxygens (including phenoxy) is 3. The van der Waals surface area contributed by atoms with Crippen molar-refractivity contribution in [3.63, 3.8) is 0 Å². The van der Waals surface area contributed by atoms with Crippen molar-refractivity contribution in [1.82, 2.24) is 5.32 Å². The van der Waals surface area contributed by atoms with Crippen molar-refractivity contribution in [2.24, 2.45) is 4.99 Å². The lowest BCUT2D eigenvalue weighted by atomic mass is 10.2. The Morgan fingerprint density at radius 3 is 2.47 bits per heavy atom. The molecule has 2 aromatic carbocycles. The highest BCUT2D eigenvalue weighted by molar-refractivity contribution is 14.0. The molecule has 1 aliphatic heterocycles. The Kier molecular flexibility index (Phi) is 10.0. The molecule has 3 rings (SSSR count). The lowest BCUT2D eigenvalue weighted by Crippen LogP contribution is -2.36. The highest BCUT2D eigenvalue weighted by Gasteiger charge is 2.11. The van der Waals surface area contributed by atoms with E-state index in [4.69, 9.17) is 14.2 Å². The van der Waals surface area contributed by atoms with E-state index in [2.05, 4.69) is 44.8 Å². The number of hydrogen-bond acceptors (Lipinski definition) is 5. The number of nitrogens with one attached hydrogen (secondary N) is 2. The monoisotopic (exact) mass is 526 g/mol. The Labute approximate surface area is 195 Å². The predicted octanol–water partition coefficient (Wildman–Crippen LogP) is 3.74. The van der Waals surface area contributed by atoms with Crippen LogP contribution in [-0.2, 0) is 11.3 Å². The molecule has 0 amide bonds. The van der Waals surface area contributed by atoms with Gasteiger partial charge in [0, 0.05) is 44.1 Å². The van der Waals surface area contributed by atoms with E-state index in [1.54, 1.807) is 14.2 Å². The molecule has 0 bridgehead atoms. The summed E-state index contributed by atoms with van der Waals surface area (Å²) in [5.41, 5.74) is 3.31. The SMILES string of the molecule is CCOc1cc(NC(=NC)NCc2ccc(N3CCOCC3)cc2)ccc1OC.I. The lowest BCUT2D eigenvalue weighted by Gasteiger charge is -2.28. The number of morpholine rings is 1. The second-order valence-corrected chi connectivity index (χ2v) is 6.62. The van der Waals surface area contributed by atoms with Gasteiger partial charge in [-0.1, -0.05) is 12.1 Å². The van der Waals surface area contributed by atoms with E-state index in [1.165, 1.54) is 11.3 Å².